The van der Waals surface area contributed by atoms with Gasteiger partial charge >= 0.3 is 36.0 Å². The van der Waals surface area contributed by atoms with Crippen LogP contribution in [0.3, 0.4) is 0 Å². The molecule has 1 saturated heterocycles. The molecule has 1 heterocycles. The third kappa shape index (κ3) is 39.1. The minimum absolute atomic E-state index is 0.0662. The fourth-order valence-electron chi connectivity index (χ4n) is 10.3. The van der Waals surface area contributed by atoms with Gasteiger partial charge in [0.1, 0.15) is 72.5 Å². The van der Waals surface area contributed by atoms with Crippen molar-refractivity contribution in [3.05, 3.63) is 71.8 Å². The Balaban J connectivity index is 0.00000631. The minimum Gasteiger partial charge on any atom is -0.481 e. The first-order valence-corrected chi connectivity index (χ1v) is 35.4. The van der Waals surface area contributed by atoms with Crippen LogP contribution in [0.2, 0.25) is 0 Å². The molecule has 1 aliphatic heterocycles. The van der Waals surface area contributed by atoms with E-state index in [1.54, 1.807) is 60.7 Å². The van der Waals surface area contributed by atoms with E-state index in [0.29, 0.717) is 11.1 Å². The maximum absolute atomic E-state index is 14.4. The Morgan fingerprint density at radius 3 is 1.28 bits per heavy atom. The third-order valence-corrected chi connectivity index (χ3v) is 16.3. The summed E-state index contributed by atoms with van der Waals surface area (Å²) in [5.41, 5.74) is 16.8. The fraction of sp³-hybridized carbons (Fsp3) is 0.500. The Kier molecular flexibility index (Phi) is 42.3. The number of nitrogens with two attached hydrogens (primary N) is 3. The van der Waals surface area contributed by atoms with Crippen LogP contribution in [0.5, 0.6) is 0 Å². The lowest BCUT2D eigenvalue weighted by molar-refractivity contribution is -0.192. The monoisotopic (exact) mass is 1670 g/mol. The van der Waals surface area contributed by atoms with E-state index in [-0.39, 0.29) is 51.0 Å². The molecule has 117 heavy (non-hydrogen) atoms. The van der Waals surface area contributed by atoms with Crippen molar-refractivity contribution in [2.24, 2.45) is 23.1 Å². The number of amides is 16. The number of carbonyl (C=O) groups excluding carboxylic acids is 16. The van der Waals surface area contributed by atoms with Crippen LogP contribution >= 0.6 is 0 Å². The predicted octanol–water partition coefficient (Wildman–Crippen LogP) is -9.08. The van der Waals surface area contributed by atoms with Crippen LogP contribution in [-0.2, 0) is 114 Å². The van der Waals surface area contributed by atoms with Gasteiger partial charge in [-0.15, -0.1) is 0 Å². The van der Waals surface area contributed by atoms with Crippen molar-refractivity contribution in [1.82, 2.24) is 79.8 Å². The molecule has 28 N–H and O–H groups in total. The smallest absolute Gasteiger partial charge is 0.481 e. The summed E-state index contributed by atoms with van der Waals surface area (Å²) in [5.74, 6) is -28.7. The molecule has 644 valence electrons. The van der Waals surface area contributed by atoms with Gasteiger partial charge in [0.05, 0.1) is 39.0 Å². The van der Waals surface area contributed by atoms with E-state index in [2.05, 4.69) is 69.1 Å². The molecule has 46 nitrogen and oxygen atoms in total. The van der Waals surface area contributed by atoms with E-state index in [1.165, 1.54) is 20.8 Å². The Morgan fingerprint density at radius 2 is 0.863 bits per heavy atom. The summed E-state index contributed by atoms with van der Waals surface area (Å²) in [5, 5.41) is 97.3. The zero-order chi connectivity index (χ0) is 88.6. The van der Waals surface area contributed by atoms with Crippen molar-refractivity contribution in [2.45, 2.75) is 183 Å². The van der Waals surface area contributed by atoms with Crippen molar-refractivity contribution in [2.75, 3.05) is 26.2 Å². The predicted molar refractivity (Wildman–Crippen MR) is 390 cm³/mol. The molecule has 2 aromatic rings. The second-order valence-corrected chi connectivity index (χ2v) is 26.2. The molecule has 12 atom stereocenters. The number of rotatable bonds is 49. The highest BCUT2D eigenvalue weighted by Crippen LogP contribution is 2.15. The van der Waals surface area contributed by atoms with Crippen LogP contribution in [0.1, 0.15) is 103 Å². The number of guanidine groups is 1. The molecular weight excluding hydrogens is 1570 g/mol. The molecule has 1 fully saturated rings. The summed E-state index contributed by atoms with van der Waals surface area (Å²) in [6.45, 7) is 1.37. The van der Waals surface area contributed by atoms with Crippen LogP contribution in [-0.4, -0.2) is 266 Å². The average molecular weight is 1670 g/mol. The number of hydrogen-bond donors (Lipinski definition) is 25. The molecule has 0 saturated carbocycles. The van der Waals surface area contributed by atoms with Gasteiger partial charge in [0.25, 0.3) is 0 Å². The van der Waals surface area contributed by atoms with E-state index < -0.39 is 274 Å². The van der Waals surface area contributed by atoms with Crippen molar-refractivity contribution < 1.29 is 144 Å². The second kappa shape index (κ2) is 49.7. The first-order chi connectivity index (χ1) is 54.7. The molecule has 0 spiro atoms. The topological polar surface area (TPSA) is 762 Å². The molecule has 0 aromatic heterocycles. The first kappa shape index (κ1) is 99.4. The van der Waals surface area contributed by atoms with Gasteiger partial charge in [0.2, 0.25) is 94.5 Å². The molecule has 3 rings (SSSR count). The number of hydrogen-bond acceptors (Lipinski definition) is 23. The van der Waals surface area contributed by atoms with Crippen LogP contribution < -0.4 is 97.0 Å². The Morgan fingerprint density at radius 1 is 0.470 bits per heavy atom. The van der Waals surface area contributed by atoms with E-state index >= 15 is 0 Å². The maximum atomic E-state index is 14.4. The van der Waals surface area contributed by atoms with Crippen molar-refractivity contribution >= 4 is 130 Å². The van der Waals surface area contributed by atoms with Crippen LogP contribution in [0.4, 0.5) is 13.2 Å². The van der Waals surface area contributed by atoms with E-state index in [4.69, 9.17) is 32.5 Å². The molecule has 2 aromatic carbocycles. The van der Waals surface area contributed by atoms with Gasteiger partial charge in [-0.05, 0) is 56.1 Å². The average Bonchev–Trinajstić information content (AvgIpc) is 1.69. The highest BCUT2D eigenvalue weighted by Gasteiger charge is 2.40. The Labute approximate surface area is 662 Å². The SMILES string of the molecule is CC(C)[C@H](NC(=O)CNC(=O)[C@@H]1CCC(=O)N1)C(=O)N[C@@H](CC(N)=O)C(=O)N[C@@H](CC(=O)O)C(=O)N[C@@H](CC(N)=O)C(=O)N[C@@H](CCC(=O)O)C(=O)N[C@@H](CCC(=O)O)C(=O)NCC(=O)N[C@@H](Cc1ccccc1)C(=O)N[C@@H](Cc1ccccc1)C(=O)N[C@@H](CO)C(=O)N[C@@H](C)C(=O)N[C@@H](CCCNC(=N)N)C(=O)O.O=C(O)C(F)(F)F. The number of aliphatic hydroxyl groups excluding tert-OH is 1. The Hall–Kier alpha value is -13.7. The lowest BCUT2D eigenvalue weighted by Gasteiger charge is -2.27. The van der Waals surface area contributed by atoms with Crippen LogP contribution in [0, 0.1) is 11.3 Å². The summed E-state index contributed by atoms with van der Waals surface area (Å²) in [6.07, 6.45) is -12.4. The summed E-state index contributed by atoms with van der Waals surface area (Å²) < 4.78 is 31.7. The molecular formula is C68H94F3N19O27. The highest BCUT2D eigenvalue weighted by atomic mass is 19.4. The number of benzene rings is 2. The van der Waals surface area contributed by atoms with Gasteiger partial charge in [-0.3, -0.25) is 96.5 Å². The summed E-state index contributed by atoms with van der Waals surface area (Å²) in [6, 6.07) is -5.00. The zero-order valence-electron chi connectivity index (χ0n) is 62.9. The molecule has 0 bridgehead atoms. The number of carboxylic acids is 5. The van der Waals surface area contributed by atoms with E-state index in [1.807, 2.05) is 10.6 Å². The fourth-order valence-corrected chi connectivity index (χ4v) is 10.3. The summed E-state index contributed by atoms with van der Waals surface area (Å²) >= 11 is 0. The number of primary amides is 2. The molecule has 0 radical (unpaired) electrons. The first-order valence-electron chi connectivity index (χ1n) is 35.4. The molecule has 16 amide bonds. The quantitative estimate of drug-likeness (QED) is 0.0166. The number of nitrogens with one attached hydrogen (secondary N) is 16. The van der Waals surface area contributed by atoms with Crippen LogP contribution in [0.25, 0.3) is 0 Å². The molecule has 49 heteroatoms. The summed E-state index contributed by atoms with van der Waals surface area (Å²) in [7, 11) is 0. The van der Waals surface area contributed by atoms with Crippen molar-refractivity contribution in [1.29, 1.82) is 5.41 Å². The van der Waals surface area contributed by atoms with Gasteiger partial charge in [-0.1, -0.05) is 74.5 Å². The van der Waals surface area contributed by atoms with Gasteiger partial charge in [0, 0.05) is 38.6 Å². The standard InChI is InChI=1S/C66H93N19O25.C2HF3O2/c1-31(2)53(85-49(91)29-73-55(99)35-16-19-47(89)75-35)64(108)83-42(26-46(68)88)61(105)82-43(27-52(96)97)62(106)81-41(25-45(67)87)60(104)78-37(18-21-51(94)95)57(101)77-36(17-20-50(92)93)56(100)72-28-48(90)76-39(23-33-11-6-4-7-12-33)58(102)80-40(24-34-13-8-5-9-14-34)59(103)84-44(30-86)63(107)74-32(3)54(98)79-38(65(109)110)15-10-22-71-66(69)70;3-2(4,5)1(6)7/h4-9,11-14,31-32,35-44,53,86H,10,15-30H2,1-3H3,(H2,67,87)(H2,68,88)(H,72,100)(H,73,99)(H,74,107)(H,75,89)(H,76,90)(H,77,101)(H,78,104)(H,79,98)(H,80,102)(H,81,106)(H,82,105)(H,83,108)(H,84,103)(H,85,91)(H,92,93)(H,94,95)(H,96,97)(H,109,110)(H4,69,70,71);(H,6,7)/t32-,35-,36-,37-,38-,39-,40-,41-,42-,43-,44-,53-;/m0./s1. The van der Waals surface area contributed by atoms with Crippen molar-refractivity contribution in [3.63, 3.8) is 0 Å². The minimum atomic E-state index is -5.08. The zero-order valence-corrected chi connectivity index (χ0v) is 62.9. The van der Waals surface area contributed by atoms with Gasteiger partial charge in [0.15, 0.2) is 5.96 Å². The maximum Gasteiger partial charge on any atom is 0.490 e. The Bertz CT molecular complexity index is 3940. The van der Waals surface area contributed by atoms with Gasteiger partial charge in [-0.2, -0.15) is 13.2 Å². The number of carbonyl (C=O) groups is 21. The van der Waals surface area contributed by atoms with E-state index in [9.17, 15) is 135 Å². The number of aliphatic hydroxyl groups is 1. The highest BCUT2D eigenvalue weighted by molar-refractivity contribution is 6.02. The largest absolute Gasteiger partial charge is 0.490 e. The van der Waals surface area contributed by atoms with E-state index in [0.717, 1.165) is 0 Å². The van der Waals surface area contributed by atoms with Crippen LogP contribution in [0.15, 0.2) is 60.7 Å². The number of alkyl halides is 3. The van der Waals surface area contributed by atoms with Gasteiger partial charge < -0.3 is 128 Å². The lowest BCUT2D eigenvalue weighted by Crippen LogP contribution is -2.61. The van der Waals surface area contributed by atoms with Gasteiger partial charge in [-0.25, -0.2) is 9.59 Å². The summed E-state index contributed by atoms with van der Waals surface area (Å²) in [4.78, 5) is 270. The lowest BCUT2D eigenvalue weighted by atomic mass is 10.0. The second-order valence-electron chi connectivity index (χ2n) is 26.2. The number of aliphatic carboxylic acids is 5. The molecule has 1 aliphatic rings. The van der Waals surface area contributed by atoms with Crippen molar-refractivity contribution in [3.8, 4) is 0 Å². The molecule has 0 unspecified atom stereocenters. The third-order valence-electron chi connectivity index (χ3n) is 16.3. The molecule has 0 aliphatic carbocycles. The number of halogens is 3. The number of carboxylic acid groups (broad SMARTS) is 5. The normalized spacial score (nSPS) is 14.9.